The molecule has 0 saturated heterocycles. The maximum Gasteiger partial charge on any atom is 0.472 e. The van der Waals surface area contributed by atoms with Gasteiger partial charge in [0.25, 0.3) is 0 Å². The molecule has 0 aromatic rings. The van der Waals surface area contributed by atoms with Crippen molar-refractivity contribution < 1.29 is 80.2 Å². The van der Waals surface area contributed by atoms with Crippen LogP contribution in [-0.2, 0) is 65.4 Å². The van der Waals surface area contributed by atoms with Gasteiger partial charge in [0.1, 0.15) is 19.3 Å². The summed E-state index contributed by atoms with van der Waals surface area (Å²) in [6.07, 6.45) is 55.3. The number of hydrogen-bond acceptors (Lipinski definition) is 15. The van der Waals surface area contributed by atoms with E-state index in [1.807, 2.05) is 0 Å². The van der Waals surface area contributed by atoms with E-state index >= 15 is 0 Å². The van der Waals surface area contributed by atoms with Gasteiger partial charge in [0, 0.05) is 25.7 Å². The molecule has 3 N–H and O–H groups in total. The maximum absolute atomic E-state index is 13.1. The third-order valence-corrected chi connectivity index (χ3v) is 20.3. The maximum atomic E-state index is 13.1. The molecule has 0 rings (SSSR count). The molecule has 0 spiro atoms. The summed E-state index contributed by atoms with van der Waals surface area (Å²) in [5.41, 5.74) is 0. The Morgan fingerprint density at radius 3 is 0.747 bits per heavy atom. The van der Waals surface area contributed by atoms with Gasteiger partial charge >= 0.3 is 39.5 Å². The van der Waals surface area contributed by atoms with Gasteiger partial charge < -0.3 is 33.8 Å². The zero-order chi connectivity index (χ0) is 70.0. The highest BCUT2D eigenvalue weighted by Gasteiger charge is 2.30. The Labute approximate surface area is 581 Å². The number of unbranched alkanes of at least 4 members (excludes halogenated alkanes) is 43. The second kappa shape index (κ2) is 67.9. The average molecular weight is 1400 g/mol. The van der Waals surface area contributed by atoms with E-state index < -0.39 is 97.5 Å². The lowest BCUT2D eigenvalue weighted by Crippen LogP contribution is -2.30. The van der Waals surface area contributed by atoms with E-state index in [0.29, 0.717) is 25.7 Å². The van der Waals surface area contributed by atoms with Crippen LogP contribution < -0.4 is 0 Å². The quantitative estimate of drug-likeness (QED) is 0.0222. The molecular formula is C76H148O17P2. The lowest BCUT2D eigenvalue weighted by Gasteiger charge is -2.21. The van der Waals surface area contributed by atoms with Crippen molar-refractivity contribution in [3.8, 4) is 0 Å². The van der Waals surface area contributed by atoms with Gasteiger partial charge in [-0.1, -0.05) is 343 Å². The molecule has 0 amide bonds. The first-order valence-corrected chi connectivity index (χ1v) is 42.6. The topological polar surface area (TPSA) is 237 Å². The summed E-state index contributed by atoms with van der Waals surface area (Å²) in [6, 6.07) is 0. The van der Waals surface area contributed by atoms with Crippen molar-refractivity contribution in [1.82, 2.24) is 0 Å². The Morgan fingerprint density at radius 1 is 0.295 bits per heavy atom. The smallest absolute Gasteiger partial charge is 0.462 e. The van der Waals surface area contributed by atoms with Gasteiger partial charge in [-0.2, -0.15) is 0 Å². The third kappa shape index (κ3) is 67.6. The number of phosphoric ester groups is 2. The van der Waals surface area contributed by atoms with Crippen molar-refractivity contribution in [1.29, 1.82) is 0 Å². The molecule has 0 aromatic carbocycles. The molecule has 19 heteroatoms. The van der Waals surface area contributed by atoms with Crippen LogP contribution in [0.15, 0.2) is 0 Å². The van der Waals surface area contributed by atoms with E-state index in [0.717, 1.165) is 108 Å². The van der Waals surface area contributed by atoms with Crippen molar-refractivity contribution in [2.45, 2.75) is 413 Å². The first-order valence-electron chi connectivity index (χ1n) is 39.6. The fraction of sp³-hybridized carbons (Fsp3) is 0.947. The average Bonchev–Trinajstić information content (AvgIpc) is 1.48. The lowest BCUT2D eigenvalue weighted by molar-refractivity contribution is -0.161. The number of esters is 4. The standard InChI is InChI=1S/C76H148O17P2/c1-7-11-13-15-17-19-21-23-28-31-35-39-46-52-58-73(78)86-64-71(92-75(80)61-55-49-41-37-33-29-25-24-27-30-34-38-44-50-56-68(5)9-3)66-90-94(82,83)88-62-70(77)63-89-95(84,85)91-67-72(65-87-74(79)59-53-47-43-42-45-51-57-69(6)10-4)93-76(81)60-54-48-40-36-32-26-22-20-18-16-14-12-8-2/h68-72,77H,7-67H2,1-6H3,(H,82,83)(H,84,85)/t68?,69?,70-,71-,72-/m1/s1. The Hall–Kier alpha value is -1.94. The highest BCUT2D eigenvalue weighted by atomic mass is 31.2. The van der Waals surface area contributed by atoms with Gasteiger partial charge in [0.2, 0.25) is 0 Å². The molecular weight excluding hydrogens is 1250 g/mol. The molecule has 0 aliphatic heterocycles. The number of rotatable bonds is 75. The van der Waals surface area contributed by atoms with Gasteiger partial charge in [0.15, 0.2) is 12.2 Å². The predicted octanol–water partition coefficient (Wildman–Crippen LogP) is 22.3. The number of hydrogen-bond donors (Lipinski definition) is 3. The fourth-order valence-corrected chi connectivity index (χ4v) is 13.2. The van der Waals surface area contributed by atoms with Gasteiger partial charge in [-0.05, 0) is 37.5 Å². The van der Waals surface area contributed by atoms with Crippen molar-refractivity contribution >= 4 is 39.5 Å². The number of carbonyl (C=O) groups excluding carboxylic acids is 4. The minimum Gasteiger partial charge on any atom is -0.462 e. The first kappa shape index (κ1) is 93.1. The largest absolute Gasteiger partial charge is 0.472 e. The summed E-state index contributed by atoms with van der Waals surface area (Å²) in [7, 11) is -9.91. The van der Waals surface area contributed by atoms with E-state index in [-0.39, 0.29) is 25.7 Å². The van der Waals surface area contributed by atoms with E-state index in [1.165, 1.54) is 205 Å². The van der Waals surface area contributed by atoms with Crippen LogP contribution in [0.4, 0.5) is 0 Å². The van der Waals surface area contributed by atoms with E-state index in [4.69, 9.17) is 37.0 Å². The minimum atomic E-state index is -4.96. The fourth-order valence-electron chi connectivity index (χ4n) is 11.6. The minimum absolute atomic E-state index is 0.107. The second-order valence-corrected chi connectivity index (χ2v) is 30.8. The Morgan fingerprint density at radius 2 is 0.505 bits per heavy atom. The van der Waals surface area contributed by atoms with Gasteiger partial charge in [-0.15, -0.1) is 0 Å². The van der Waals surface area contributed by atoms with E-state index in [2.05, 4.69) is 41.5 Å². The number of carbonyl (C=O) groups is 4. The molecule has 4 unspecified atom stereocenters. The molecule has 0 radical (unpaired) electrons. The zero-order valence-electron chi connectivity index (χ0n) is 62.0. The van der Waals surface area contributed by atoms with Crippen molar-refractivity contribution in [2.75, 3.05) is 39.6 Å². The van der Waals surface area contributed by atoms with Crippen LogP contribution in [0.2, 0.25) is 0 Å². The van der Waals surface area contributed by atoms with E-state index in [1.54, 1.807) is 0 Å². The highest BCUT2D eigenvalue weighted by Crippen LogP contribution is 2.45. The SMILES string of the molecule is CCCCCCCCCCCCCCCCC(=O)OC[C@H](COP(=O)(O)OC[C@@H](O)COP(=O)(O)OC[C@@H](COC(=O)CCCCCCCCC(C)CC)OC(=O)CCCCCCCCCCCCCCC)OC(=O)CCCCCCCCCCCCCCCCC(C)CC. The second-order valence-electron chi connectivity index (χ2n) is 27.9. The predicted molar refractivity (Wildman–Crippen MR) is 386 cm³/mol. The summed E-state index contributed by atoms with van der Waals surface area (Å²) >= 11 is 0. The van der Waals surface area contributed by atoms with Crippen LogP contribution in [0, 0.1) is 11.8 Å². The highest BCUT2D eigenvalue weighted by molar-refractivity contribution is 7.47. The van der Waals surface area contributed by atoms with Crippen LogP contribution in [-0.4, -0.2) is 96.7 Å². The van der Waals surface area contributed by atoms with Crippen LogP contribution in [0.3, 0.4) is 0 Å². The van der Waals surface area contributed by atoms with E-state index in [9.17, 15) is 43.2 Å². The Kier molecular flexibility index (Phi) is 66.5. The Balaban J connectivity index is 5.25. The summed E-state index contributed by atoms with van der Waals surface area (Å²) < 4.78 is 68.5. The van der Waals surface area contributed by atoms with Gasteiger partial charge in [0.05, 0.1) is 26.4 Å². The van der Waals surface area contributed by atoms with Crippen molar-refractivity contribution in [2.24, 2.45) is 11.8 Å². The van der Waals surface area contributed by atoms with Crippen LogP contribution in [0.25, 0.3) is 0 Å². The van der Waals surface area contributed by atoms with Gasteiger partial charge in [-0.25, -0.2) is 9.13 Å². The number of aliphatic hydroxyl groups excluding tert-OH is 1. The normalized spacial score (nSPS) is 14.6. The molecule has 0 fully saturated rings. The Bertz CT molecular complexity index is 1840. The number of ether oxygens (including phenoxy) is 4. The summed E-state index contributed by atoms with van der Waals surface area (Å²) in [5, 5.41) is 10.6. The lowest BCUT2D eigenvalue weighted by atomic mass is 9.99. The number of aliphatic hydroxyl groups is 1. The molecule has 0 aliphatic carbocycles. The number of phosphoric acid groups is 2. The van der Waals surface area contributed by atoms with Crippen LogP contribution >= 0.6 is 15.6 Å². The molecule has 7 atom stereocenters. The molecule has 0 bridgehead atoms. The van der Waals surface area contributed by atoms with Gasteiger partial charge in [-0.3, -0.25) is 37.3 Å². The molecule has 17 nitrogen and oxygen atoms in total. The zero-order valence-corrected chi connectivity index (χ0v) is 63.8. The van der Waals surface area contributed by atoms with Crippen molar-refractivity contribution in [3.05, 3.63) is 0 Å². The van der Waals surface area contributed by atoms with Crippen LogP contribution in [0.1, 0.15) is 395 Å². The summed E-state index contributed by atoms with van der Waals surface area (Å²) in [5.74, 6) is -0.537. The first-order chi connectivity index (χ1) is 45.9. The van der Waals surface area contributed by atoms with Crippen LogP contribution in [0.5, 0.6) is 0 Å². The molecule has 564 valence electrons. The molecule has 0 aromatic heterocycles. The molecule has 0 heterocycles. The van der Waals surface area contributed by atoms with Crippen molar-refractivity contribution in [3.63, 3.8) is 0 Å². The summed E-state index contributed by atoms with van der Waals surface area (Å²) in [6.45, 7) is 9.62. The monoisotopic (exact) mass is 1400 g/mol. The summed E-state index contributed by atoms with van der Waals surface area (Å²) in [4.78, 5) is 72.8. The molecule has 0 saturated carbocycles. The molecule has 95 heavy (non-hydrogen) atoms. The third-order valence-electron chi connectivity index (χ3n) is 18.4. The molecule has 0 aliphatic rings.